The number of anilines is 1. The normalized spacial score (nSPS) is 12.0. The summed E-state index contributed by atoms with van der Waals surface area (Å²) in [5.41, 5.74) is 7.28. The lowest BCUT2D eigenvalue weighted by Crippen LogP contribution is -2.13. The van der Waals surface area contributed by atoms with E-state index in [0.717, 1.165) is 4.90 Å². The topological polar surface area (TPSA) is 141 Å². The van der Waals surface area contributed by atoms with Gasteiger partial charge in [-0.1, -0.05) is 28.4 Å². The minimum absolute atomic E-state index is 0.0350. The minimum Gasteiger partial charge on any atom is -0.384 e. The van der Waals surface area contributed by atoms with Crippen LogP contribution in [0.3, 0.4) is 0 Å². The van der Waals surface area contributed by atoms with Crippen molar-refractivity contribution in [1.82, 2.24) is 20.4 Å². The van der Waals surface area contributed by atoms with Crippen LogP contribution in [0, 0.1) is 0 Å². The quantitative estimate of drug-likeness (QED) is 0.565. The molecule has 0 amide bonds. The molecule has 0 bridgehead atoms. The van der Waals surface area contributed by atoms with E-state index in [1.807, 2.05) is 0 Å². The minimum atomic E-state index is -3.98. The van der Waals surface area contributed by atoms with Gasteiger partial charge in [-0.3, -0.25) is 0 Å². The van der Waals surface area contributed by atoms with Gasteiger partial charge in [0.15, 0.2) is 5.65 Å². The molecule has 0 spiro atoms. The Morgan fingerprint density at radius 3 is 2.71 bits per heavy atom. The number of nitrogens with two attached hydrogens (primary N) is 2. The van der Waals surface area contributed by atoms with Gasteiger partial charge < -0.3 is 5.73 Å². The Kier molecular flexibility index (Phi) is 4.58. The third kappa shape index (κ3) is 3.42. The maximum Gasteiger partial charge on any atom is 0.239 e. The fraction of sp³-hybridized carbons (Fsp3) is 0.0833. The van der Waals surface area contributed by atoms with Crippen LogP contribution in [-0.2, 0) is 15.8 Å². The molecule has 0 unspecified atom stereocenters. The van der Waals surface area contributed by atoms with Crippen LogP contribution in [0.25, 0.3) is 11.2 Å². The highest BCUT2D eigenvalue weighted by atomic mass is 35.5. The van der Waals surface area contributed by atoms with E-state index in [4.69, 9.17) is 34.1 Å². The molecule has 0 aliphatic rings. The molecule has 24 heavy (non-hydrogen) atoms. The highest BCUT2D eigenvalue weighted by Gasteiger charge is 2.18. The summed E-state index contributed by atoms with van der Waals surface area (Å²) >= 11 is 13.5. The monoisotopic (exact) mass is 404 g/mol. The second-order valence-electron chi connectivity index (χ2n) is 4.76. The number of nitrogens with one attached hydrogen (secondary N) is 1. The molecule has 0 saturated heterocycles. The summed E-state index contributed by atoms with van der Waals surface area (Å²) in [4.78, 5) is 4.58. The van der Waals surface area contributed by atoms with Gasteiger partial charge in [-0.15, -0.1) is 16.9 Å². The Hall–Kier alpha value is -1.59. The van der Waals surface area contributed by atoms with Crippen LogP contribution in [0.2, 0.25) is 10.0 Å². The first-order valence-corrected chi connectivity index (χ1v) is 9.65. The molecular weight excluding hydrogens is 395 g/mol. The molecule has 5 N–H and O–H groups in total. The smallest absolute Gasteiger partial charge is 0.239 e. The van der Waals surface area contributed by atoms with Gasteiger partial charge in [0.25, 0.3) is 0 Å². The standard InChI is InChI=1S/C12H10Cl2N6O2S2/c13-6-1-5(10(14)8(2-6)24(16,21)22)4-23-7-3-9(15)17-12-11(7)18-20-19-12/h1-3H,4H2,(H2,16,21,22)(H3,15,17,18,19,20). The maximum absolute atomic E-state index is 11.6. The summed E-state index contributed by atoms with van der Waals surface area (Å²) in [6.07, 6.45) is 0. The molecule has 12 heteroatoms. The lowest BCUT2D eigenvalue weighted by Gasteiger charge is -2.09. The maximum atomic E-state index is 11.6. The second kappa shape index (κ2) is 6.37. The van der Waals surface area contributed by atoms with E-state index < -0.39 is 10.0 Å². The molecule has 0 radical (unpaired) electrons. The van der Waals surface area contributed by atoms with Gasteiger partial charge in [-0.05, 0) is 23.8 Å². The van der Waals surface area contributed by atoms with Crippen LogP contribution in [0.5, 0.6) is 0 Å². The number of rotatable bonds is 4. The molecule has 0 aliphatic carbocycles. The van der Waals surface area contributed by atoms with Crippen molar-refractivity contribution in [1.29, 1.82) is 0 Å². The zero-order valence-electron chi connectivity index (χ0n) is 11.8. The van der Waals surface area contributed by atoms with Crippen LogP contribution in [0.15, 0.2) is 28.0 Å². The summed E-state index contributed by atoms with van der Waals surface area (Å²) in [5.74, 6) is 0.631. The first-order valence-electron chi connectivity index (χ1n) is 6.36. The van der Waals surface area contributed by atoms with Gasteiger partial charge >= 0.3 is 0 Å². The zero-order chi connectivity index (χ0) is 17.5. The van der Waals surface area contributed by atoms with E-state index in [2.05, 4.69) is 20.4 Å². The van der Waals surface area contributed by atoms with Crippen LogP contribution in [0.1, 0.15) is 5.56 Å². The third-order valence-corrected chi connectivity index (χ3v) is 5.84. The van der Waals surface area contributed by atoms with Crippen LogP contribution in [0.4, 0.5) is 5.82 Å². The van der Waals surface area contributed by atoms with Gasteiger partial charge in [0.2, 0.25) is 10.0 Å². The summed E-state index contributed by atoms with van der Waals surface area (Å²) in [6, 6.07) is 4.44. The number of fused-ring (bicyclic) bond motifs is 1. The van der Waals surface area contributed by atoms with Crippen molar-refractivity contribution >= 4 is 62.0 Å². The predicted octanol–water partition coefficient (Wildman–Crippen LogP) is 2.18. The van der Waals surface area contributed by atoms with Crippen LogP contribution >= 0.6 is 35.0 Å². The van der Waals surface area contributed by atoms with E-state index in [9.17, 15) is 8.42 Å². The van der Waals surface area contributed by atoms with E-state index in [-0.39, 0.29) is 14.9 Å². The summed E-state index contributed by atoms with van der Waals surface area (Å²) in [6.45, 7) is 0. The lowest BCUT2D eigenvalue weighted by atomic mass is 10.2. The molecule has 3 rings (SSSR count). The molecule has 1 aromatic carbocycles. The van der Waals surface area contributed by atoms with Crippen molar-refractivity contribution in [2.75, 3.05) is 5.73 Å². The number of sulfonamides is 1. The fourth-order valence-corrected chi connectivity index (χ4v) is 4.60. The molecule has 2 aromatic heterocycles. The summed E-state index contributed by atoms with van der Waals surface area (Å²) < 4.78 is 23.2. The average Bonchev–Trinajstić information content (AvgIpc) is 2.94. The number of hydrogen-bond donors (Lipinski definition) is 3. The zero-order valence-corrected chi connectivity index (χ0v) is 15.0. The number of thioether (sulfide) groups is 1. The predicted molar refractivity (Wildman–Crippen MR) is 93.5 cm³/mol. The molecule has 8 nitrogen and oxygen atoms in total. The fourth-order valence-electron chi connectivity index (χ4n) is 2.03. The van der Waals surface area contributed by atoms with Gasteiger partial charge in [0.05, 0.1) is 5.02 Å². The number of benzene rings is 1. The lowest BCUT2D eigenvalue weighted by molar-refractivity contribution is 0.598. The Bertz CT molecular complexity index is 1040. The molecule has 0 atom stereocenters. The highest BCUT2D eigenvalue weighted by molar-refractivity contribution is 7.98. The van der Waals surface area contributed by atoms with Crippen molar-refractivity contribution < 1.29 is 8.42 Å². The number of hydrogen-bond acceptors (Lipinski definition) is 7. The number of H-pyrrole nitrogens is 1. The SMILES string of the molecule is Nc1cc(SCc2cc(Cl)cc(S(N)(=O)=O)c2Cl)c2nn[nH]c2n1. The van der Waals surface area contributed by atoms with Crippen molar-refractivity contribution in [3.05, 3.63) is 33.8 Å². The number of aromatic nitrogens is 4. The molecule has 0 fully saturated rings. The van der Waals surface area contributed by atoms with E-state index >= 15 is 0 Å². The highest BCUT2D eigenvalue weighted by Crippen LogP contribution is 2.35. The first kappa shape index (κ1) is 17.2. The Morgan fingerprint density at radius 2 is 2.00 bits per heavy atom. The summed E-state index contributed by atoms with van der Waals surface area (Å²) in [5, 5.41) is 15.7. The van der Waals surface area contributed by atoms with Crippen molar-refractivity contribution in [2.24, 2.45) is 5.14 Å². The van der Waals surface area contributed by atoms with Gasteiger partial charge in [-0.2, -0.15) is 0 Å². The number of pyridine rings is 1. The van der Waals surface area contributed by atoms with Gasteiger partial charge in [-0.25, -0.2) is 23.6 Å². The number of nitrogens with zero attached hydrogens (tertiary/aromatic N) is 3. The van der Waals surface area contributed by atoms with E-state index in [0.29, 0.717) is 28.3 Å². The van der Waals surface area contributed by atoms with Crippen molar-refractivity contribution in [3.8, 4) is 0 Å². The molecular formula is C12H10Cl2N6O2S2. The molecule has 0 saturated carbocycles. The largest absolute Gasteiger partial charge is 0.384 e. The first-order chi connectivity index (χ1) is 11.3. The van der Waals surface area contributed by atoms with Crippen LogP contribution in [-0.4, -0.2) is 28.8 Å². The Labute approximate surface area is 151 Å². The van der Waals surface area contributed by atoms with E-state index in [1.165, 1.54) is 17.8 Å². The average molecular weight is 405 g/mol. The Morgan fingerprint density at radius 1 is 1.25 bits per heavy atom. The van der Waals surface area contributed by atoms with Crippen LogP contribution < -0.4 is 10.9 Å². The van der Waals surface area contributed by atoms with Gasteiger partial charge in [0, 0.05) is 15.7 Å². The second-order valence-corrected chi connectivity index (χ2v) is 8.13. The van der Waals surface area contributed by atoms with Crippen molar-refractivity contribution in [2.45, 2.75) is 15.5 Å². The summed E-state index contributed by atoms with van der Waals surface area (Å²) in [7, 11) is -3.98. The third-order valence-electron chi connectivity index (χ3n) is 3.05. The van der Waals surface area contributed by atoms with Crippen molar-refractivity contribution in [3.63, 3.8) is 0 Å². The number of halogens is 2. The molecule has 2 heterocycles. The Balaban J connectivity index is 1.97. The molecule has 0 aliphatic heterocycles. The molecule has 3 aromatic rings. The number of nitrogen functional groups attached to an aromatic ring is 1. The molecule has 126 valence electrons. The van der Waals surface area contributed by atoms with E-state index in [1.54, 1.807) is 12.1 Å². The van der Waals surface area contributed by atoms with Gasteiger partial charge in [0.1, 0.15) is 16.2 Å². The number of aromatic amines is 1. The number of primary sulfonamides is 1.